The summed E-state index contributed by atoms with van der Waals surface area (Å²) in [7, 11) is 0. The number of benzene rings is 2. The fourth-order valence-electron chi connectivity index (χ4n) is 2.19. The maximum atomic E-state index is 12.0. The third-order valence-electron chi connectivity index (χ3n) is 3.44. The lowest BCUT2D eigenvalue weighted by molar-refractivity contribution is 0.262. The van der Waals surface area contributed by atoms with Gasteiger partial charge in [-0.25, -0.2) is 14.8 Å². The standard InChI is InChI=1S/C17H16N4O2/c1-10-11(2)19-16-9-13(6-7-15(16)18-10)21-17(23)20-12-4-3-5-14(22)8-12/h3-9,22H,1-2H3,(H2,20,21,23). The van der Waals surface area contributed by atoms with E-state index in [9.17, 15) is 9.90 Å². The summed E-state index contributed by atoms with van der Waals surface area (Å²) in [6.45, 7) is 3.81. The first-order valence-electron chi connectivity index (χ1n) is 7.13. The van der Waals surface area contributed by atoms with Gasteiger partial charge in [0.15, 0.2) is 0 Å². The van der Waals surface area contributed by atoms with Crippen LogP contribution in [0.15, 0.2) is 42.5 Å². The summed E-state index contributed by atoms with van der Waals surface area (Å²) in [6, 6.07) is 11.3. The fourth-order valence-corrected chi connectivity index (χ4v) is 2.19. The highest BCUT2D eigenvalue weighted by Crippen LogP contribution is 2.19. The smallest absolute Gasteiger partial charge is 0.323 e. The minimum atomic E-state index is -0.397. The van der Waals surface area contributed by atoms with Crippen molar-refractivity contribution >= 4 is 28.4 Å². The summed E-state index contributed by atoms with van der Waals surface area (Å²) in [5, 5.41) is 14.8. The van der Waals surface area contributed by atoms with Crippen molar-refractivity contribution in [2.24, 2.45) is 0 Å². The van der Waals surface area contributed by atoms with Crippen LogP contribution in [0.1, 0.15) is 11.4 Å². The maximum Gasteiger partial charge on any atom is 0.323 e. The van der Waals surface area contributed by atoms with Crippen LogP contribution >= 0.6 is 0 Å². The molecule has 0 saturated heterocycles. The summed E-state index contributed by atoms with van der Waals surface area (Å²) in [4.78, 5) is 20.9. The van der Waals surface area contributed by atoms with E-state index in [-0.39, 0.29) is 5.75 Å². The summed E-state index contributed by atoms with van der Waals surface area (Å²) in [5.74, 6) is 0.0922. The molecular weight excluding hydrogens is 292 g/mol. The second kappa shape index (κ2) is 5.92. The molecular formula is C17H16N4O2. The van der Waals surface area contributed by atoms with Gasteiger partial charge in [0, 0.05) is 17.4 Å². The van der Waals surface area contributed by atoms with Crippen molar-refractivity contribution in [3.05, 3.63) is 53.9 Å². The molecule has 0 fully saturated rings. The first-order valence-corrected chi connectivity index (χ1v) is 7.13. The van der Waals surface area contributed by atoms with Crippen LogP contribution in [0.5, 0.6) is 5.75 Å². The molecule has 2 amide bonds. The van der Waals surface area contributed by atoms with Gasteiger partial charge in [0.25, 0.3) is 0 Å². The molecule has 0 atom stereocenters. The van der Waals surface area contributed by atoms with Gasteiger partial charge in [0.2, 0.25) is 0 Å². The van der Waals surface area contributed by atoms with Gasteiger partial charge in [-0.3, -0.25) is 0 Å². The van der Waals surface area contributed by atoms with E-state index < -0.39 is 6.03 Å². The Balaban J connectivity index is 1.78. The van der Waals surface area contributed by atoms with Gasteiger partial charge < -0.3 is 15.7 Å². The van der Waals surface area contributed by atoms with Gasteiger partial charge >= 0.3 is 6.03 Å². The number of aromatic hydroxyl groups is 1. The monoisotopic (exact) mass is 308 g/mol. The Hall–Kier alpha value is -3.15. The van der Waals surface area contributed by atoms with E-state index in [2.05, 4.69) is 20.6 Å². The van der Waals surface area contributed by atoms with E-state index in [4.69, 9.17) is 0 Å². The molecule has 0 aliphatic rings. The number of nitrogens with one attached hydrogen (secondary N) is 2. The molecule has 2 aromatic carbocycles. The molecule has 0 aliphatic carbocycles. The van der Waals surface area contributed by atoms with Gasteiger partial charge in [-0.1, -0.05) is 6.07 Å². The Morgan fingerprint density at radius 2 is 1.57 bits per heavy atom. The number of aryl methyl sites for hydroxylation is 2. The third kappa shape index (κ3) is 3.37. The summed E-state index contributed by atoms with van der Waals surface area (Å²) in [6.07, 6.45) is 0. The van der Waals surface area contributed by atoms with E-state index in [1.807, 2.05) is 19.9 Å². The lowest BCUT2D eigenvalue weighted by atomic mass is 10.2. The van der Waals surface area contributed by atoms with Crippen LogP contribution in [0.2, 0.25) is 0 Å². The third-order valence-corrected chi connectivity index (χ3v) is 3.44. The first-order chi connectivity index (χ1) is 11.0. The van der Waals surface area contributed by atoms with Gasteiger partial charge in [0.1, 0.15) is 5.75 Å². The quantitative estimate of drug-likeness (QED) is 0.675. The Labute approximate surface area is 133 Å². The number of urea groups is 1. The minimum absolute atomic E-state index is 0.0922. The van der Waals surface area contributed by atoms with Crippen molar-refractivity contribution in [3.8, 4) is 5.75 Å². The molecule has 0 radical (unpaired) electrons. The van der Waals surface area contributed by atoms with Crippen LogP contribution in [-0.4, -0.2) is 21.1 Å². The molecule has 0 unspecified atom stereocenters. The van der Waals surface area contributed by atoms with E-state index in [1.54, 1.807) is 24.3 Å². The molecule has 0 spiro atoms. The van der Waals surface area contributed by atoms with Crippen molar-refractivity contribution in [3.63, 3.8) is 0 Å². The molecule has 6 heteroatoms. The van der Waals surface area contributed by atoms with Crippen LogP contribution in [0, 0.1) is 13.8 Å². The Kier molecular flexibility index (Phi) is 3.80. The largest absolute Gasteiger partial charge is 0.508 e. The number of amides is 2. The van der Waals surface area contributed by atoms with Crippen LogP contribution in [0.3, 0.4) is 0 Å². The normalized spacial score (nSPS) is 10.5. The summed E-state index contributed by atoms with van der Waals surface area (Å²) >= 11 is 0. The van der Waals surface area contributed by atoms with Gasteiger partial charge in [0.05, 0.1) is 22.4 Å². The highest BCUT2D eigenvalue weighted by molar-refractivity contribution is 6.00. The number of carbonyl (C=O) groups is 1. The van der Waals surface area contributed by atoms with E-state index in [1.165, 1.54) is 12.1 Å². The van der Waals surface area contributed by atoms with Crippen LogP contribution < -0.4 is 10.6 Å². The second-order valence-corrected chi connectivity index (χ2v) is 5.23. The van der Waals surface area contributed by atoms with E-state index >= 15 is 0 Å². The molecule has 116 valence electrons. The Morgan fingerprint density at radius 3 is 2.26 bits per heavy atom. The minimum Gasteiger partial charge on any atom is -0.508 e. The van der Waals surface area contributed by atoms with Crippen LogP contribution in [0.4, 0.5) is 16.2 Å². The zero-order valence-corrected chi connectivity index (χ0v) is 12.8. The SMILES string of the molecule is Cc1nc2ccc(NC(=O)Nc3cccc(O)c3)cc2nc1C. The summed E-state index contributed by atoms with van der Waals surface area (Å²) in [5.41, 5.74) is 4.39. The van der Waals surface area contributed by atoms with Crippen molar-refractivity contribution in [2.45, 2.75) is 13.8 Å². The fraction of sp³-hybridized carbons (Fsp3) is 0.118. The highest BCUT2D eigenvalue weighted by atomic mass is 16.3. The number of phenols is 1. The second-order valence-electron chi connectivity index (χ2n) is 5.23. The molecule has 1 heterocycles. The molecule has 0 aliphatic heterocycles. The van der Waals surface area contributed by atoms with Crippen LogP contribution in [0.25, 0.3) is 11.0 Å². The Bertz CT molecular complexity index is 893. The topological polar surface area (TPSA) is 87.1 Å². The lowest BCUT2D eigenvalue weighted by Crippen LogP contribution is -2.19. The molecule has 0 saturated carbocycles. The molecule has 1 aromatic heterocycles. The number of hydrogen-bond donors (Lipinski definition) is 3. The summed E-state index contributed by atoms with van der Waals surface area (Å²) < 4.78 is 0. The predicted molar refractivity (Wildman–Crippen MR) is 89.8 cm³/mol. The molecule has 3 aromatic rings. The van der Waals surface area contributed by atoms with Gasteiger partial charge in [-0.05, 0) is 44.2 Å². The molecule has 3 rings (SSSR count). The number of carbonyl (C=O) groups excluding carboxylic acids is 1. The van der Waals surface area contributed by atoms with Crippen molar-refractivity contribution in [2.75, 3.05) is 10.6 Å². The van der Waals surface area contributed by atoms with Crippen molar-refractivity contribution < 1.29 is 9.90 Å². The predicted octanol–water partition coefficient (Wildman–Crippen LogP) is 3.60. The maximum absolute atomic E-state index is 12.0. The number of aromatic nitrogens is 2. The zero-order valence-electron chi connectivity index (χ0n) is 12.8. The average Bonchev–Trinajstić information content (AvgIpc) is 2.48. The number of hydrogen-bond acceptors (Lipinski definition) is 4. The van der Waals surface area contributed by atoms with Crippen molar-refractivity contribution in [1.29, 1.82) is 0 Å². The highest BCUT2D eigenvalue weighted by Gasteiger charge is 2.06. The molecule has 3 N–H and O–H groups in total. The van der Waals surface area contributed by atoms with Gasteiger partial charge in [-0.15, -0.1) is 0 Å². The molecule has 0 bridgehead atoms. The first kappa shape index (κ1) is 14.8. The van der Waals surface area contributed by atoms with E-state index in [0.29, 0.717) is 11.4 Å². The lowest BCUT2D eigenvalue weighted by Gasteiger charge is -2.09. The number of rotatable bonds is 2. The van der Waals surface area contributed by atoms with Gasteiger partial charge in [-0.2, -0.15) is 0 Å². The Morgan fingerprint density at radius 1 is 0.913 bits per heavy atom. The van der Waals surface area contributed by atoms with E-state index in [0.717, 1.165) is 22.4 Å². The number of fused-ring (bicyclic) bond motifs is 1. The number of nitrogens with zero attached hydrogens (tertiary/aromatic N) is 2. The molecule has 23 heavy (non-hydrogen) atoms. The van der Waals surface area contributed by atoms with Crippen LogP contribution in [-0.2, 0) is 0 Å². The average molecular weight is 308 g/mol. The van der Waals surface area contributed by atoms with Crippen molar-refractivity contribution in [1.82, 2.24) is 9.97 Å². The molecule has 6 nitrogen and oxygen atoms in total. The number of anilines is 2. The zero-order chi connectivity index (χ0) is 16.4. The number of phenolic OH excluding ortho intramolecular Hbond substituents is 1.